The van der Waals surface area contributed by atoms with E-state index in [1.165, 1.54) is 31.3 Å². The minimum absolute atomic E-state index is 0.100. The highest BCUT2D eigenvalue weighted by Crippen LogP contribution is 2.26. The molecule has 6 nitrogen and oxygen atoms in total. The summed E-state index contributed by atoms with van der Waals surface area (Å²) in [7, 11) is 0. The average molecular weight is 402 g/mol. The van der Waals surface area contributed by atoms with Crippen molar-refractivity contribution in [2.45, 2.75) is 32.1 Å². The number of nitrogens with zero attached hydrogens (tertiary/aromatic N) is 3. The summed E-state index contributed by atoms with van der Waals surface area (Å²) in [5.74, 6) is 0.102. The first-order valence-corrected chi connectivity index (χ1v) is 10.5. The smallest absolute Gasteiger partial charge is 0.232 e. The summed E-state index contributed by atoms with van der Waals surface area (Å²) in [6, 6.07) is 18.2. The molecule has 1 unspecified atom stereocenters. The summed E-state index contributed by atoms with van der Waals surface area (Å²) in [4.78, 5) is 22.9. The summed E-state index contributed by atoms with van der Waals surface area (Å²) in [5.41, 5.74) is 4.21. The molecule has 1 aromatic heterocycles. The van der Waals surface area contributed by atoms with E-state index >= 15 is 0 Å². The Balaban J connectivity index is 1.41. The van der Waals surface area contributed by atoms with Crippen LogP contribution < -0.4 is 15.5 Å². The van der Waals surface area contributed by atoms with E-state index < -0.39 is 0 Å². The van der Waals surface area contributed by atoms with Gasteiger partial charge in [0.2, 0.25) is 5.91 Å². The van der Waals surface area contributed by atoms with Crippen LogP contribution >= 0.6 is 0 Å². The minimum Gasteiger partial charge on any atom is -0.372 e. The van der Waals surface area contributed by atoms with Crippen molar-refractivity contribution in [3.05, 3.63) is 72.7 Å². The zero-order valence-electron chi connectivity index (χ0n) is 17.2. The first kappa shape index (κ1) is 19.9. The van der Waals surface area contributed by atoms with E-state index in [2.05, 4.69) is 49.8 Å². The second-order valence-corrected chi connectivity index (χ2v) is 7.65. The Morgan fingerprint density at radius 3 is 2.53 bits per heavy atom. The van der Waals surface area contributed by atoms with Gasteiger partial charge in [-0.05, 0) is 74.2 Å². The first-order chi connectivity index (χ1) is 14.7. The third kappa shape index (κ3) is 4.95. The van der Waals surface area contributed by atoms with Crippen LogP contribution in [-0.4, -0.2) is 29.0 Å². The molecular weight excluding hydrogens is 374 g/mol. The fraction of sp³-hybridized carbons (Fsp3) is 0.292. The van der Waals surface area contributed by atoms with Crippen molar-refractivity contribution < 1.29 is 4.79 Å². The molecule has 154 valence electrons. The van der Waals surface area contributed by atoms with E-state index in [0.29, 0.717) is 5.82 Å². The molecule has 1 fully saturated rings. The van der Waals surface area contributed by atoms with Gasteiger partial charge >= 0.3 is 0 Å². The second kappa shape index (κ2) is 9.39. The molecule has 0 spiro atoms. The standard InChI is InChI=1S/C24H27N5O/c1-18(24(30)28-23-12-13-25-17-26-23)19-6-5-7-21(16-19)27-20-8-10-22(11-9-20)29-14-3-2-4-15-29/h5-13,16-18,27H,2-4,14-15H2,1H3,(H,25,26,28,30). The summed E-state index contributed by atoms with van der Waals surface area (Å²) in [5, 5.41) is 6.28. The number of carbonyl (C=O) groups excluding carboxylic acids is 1. The summed E-state index contributed by atoms with van der Waals surface area (Å²) >= 11 is 0. The molecule has 3 aromatic rings. The van der Waals surface area contributed by atoms with E-state index in [1.54, 1.807) is 12.3 Å². The third-order valence-corrected chi connectivity index (χ3v) is 5.49. The highest BCUT2D eigenvalue weighted by atomic mass is 16.1. The van der Waals surface area contributed by atoms with Crippen LogP contribution in [0.4, 0.5) is 22.9 Å². The van der Waals surface area contributed by atoms with Crippen LogP contribution in [0.5, 0.6) is 0 Å². The van der Waals surface area contributed by atoms with Crippen molar-refractivity contribution in [3.8, 4) is 0 Å². The molecule has 30 heavy (non-hydrogen) atoms. The lowest BCUT2D eigenvalue weighted by Crippen LogP contribution is -2.29. The highest BCUT2D eigenvalue weighted by molar-refractivity contribution is 5.94. The van der Waals surface area contributed by atoms with Crippen molar-refractivity contribution in [1.29, 1.82) is 0 Å². The molecule has 4 rings (SSSR count). The molecule has 0 radical (unpaired) electrons. The number of amides is 1. The number of benzene rings is 2. The average Bonchev–Trinajstić information content (AvgIpc) is 2.80. The zero-order valence-corrected chi connectivity index (χ0v) is 17.2. The van der Waals surface area contributed by atoms with Crippen LogP contribution in [0.2, 0.25) is 0 Å². The van der Waals surface area contributed by atoms with Gasteiger partial charge in [0.05, 0.1) is 5.92 Å². The molecule has 6 heteroatoms. The van der Waals surface area contributed by atoms with Crippen LogP contribution in [0.25, 0.3) is 0 Å². The van der Waals surface area contributed by atoms with Crippen LogP contribution in [0.1, 0.15) is 37.7 Å². The highest BCUT2D eigenvalue weighted by Gasteiger charge is 2.16. The van der Waals surface area contributed by atoms with Gasteiger partial charge < -0.3 is 15.5 Å². The van der Waals surface area contributed by atoms with Crippen LogP contribution in [0, 0.1) is 0 Å². The fourth-order valence-corrected chi connectivity index (χ4v) is 3.71. The SMILES string of the molecule is CC(C(=O)Nc1ccncn1)c1cccc(Nc2ccc(N3CCCCC3)cc2)c1. The van der Waals surface area contributed by atoms with Crippen molar-refractivity contribution in [2.75, 3.05) is 28.6 Å². The van der Waals surface area contributed by atoms with Crippen LogP contribution in [0.15, 0.2) is 67.1 Å². The molecule has 2 N–H and O–H groups in total. The van der Waals surface area contributed by atoms with Crippen molar-refractivity contribution in [2.24, 2.45) is 0 Å². The molecule has 0 bridgehead atoms. The number of piperidine rings is 1. The number of nitrogens with one attached hydrogen (secondary N) is 2. The summed E-state index contributed by atoms with van der Waals surface area (Å²) in [6.45, 7) is 4.18. The molecular formula is C24H27N5O. The molecule has 1 saturated heterocycles. The second-order valence-electron chi connectivity index (χ2n) is 7.65. The van der Waals surface area contributed by atoms with Gasteiger partial charge in [-0.15, -0.1) is 0 Å². The quantitative estimate of drug-likeness (QED) is 0.611. The maximum absolute atomic E-state index is 12.6. The lowest BCUT2D eigenvalue weighted by atomic mass is 9.99. The van der Waals surface area contributed by atoms with Gasteiger partial charge in [-0.1, -0.05) is 12.1 Å². The maximum atomic E-state index is 12.6. The van der Waals surface area contributed by atoms with E-state index in [0.717, 1.165) is 30.0 Å². The summed E-state index contributed by atoms with van der Waals surface area (Å²) in [6.07, 6.45) is 6.91. The Morgan fingerprint density at radius 2 is 1.80 bits per heavy atom. The van der Waals surface area contributed by atoms with Gasteiger partial charge in [0, 0.05) is 36.3 Å². The Bertz CT molecular complexity index is 968. The van der Waals surface area contributed by atoms with Crippen molar-refractivity contribution in [1.82, 2.24) is 9.97 Å². The largest absolute Gasteiger partial charge is 0.372 e. The number of hydrogen-bond acceptors (Lipinski definition) is 5. The van der Waals surface area contributed by atoms with E-state index in [1.807, 2.05) is 31.2 Å². The molecule has 1 atom stereocenters. The lowest BCUT2D eigenvalue weighted by Gasteiger charge is -2.28. The number of hydrogen-bond donors (Lipinski definition) is 2. The van der Waals surface area contributed by atoms with E-state index in [4.69, 9.17) is 0 Å². The third-order valence-electron chi connectivity index (χ3n) is 5.49. The maximum Gasteiger partial charge on any atom is 0.232 e. The van der Waals surface area contributed by atoms with E-state index in [9.17, 15) is 4.79 Å². The van der Waals surface area contributed by atoms with Gasteiger partial charge in [0.25, 0.3) is 0 Å². The van der Waals surface area contributed by atoms with Crippen molar-refractivity contribution in [3.63, 3.8) is 0 Å². The predicted molar refractivity (Wildman–Crippen MR) is 121 cm³/mol. The van der Waals surface area contributed by atoms with E-state index in [-0.39, 0.29) is 11.8 Å². The molecule has 0 aliphatic carbocycles. The Kier molecular flexibility index (Phi) is 6.23. The summed E-state index contributed by atoms with van der Waals surface area (Å²) < 4.78 is 0. The van der Waals surface area contributed by atoms with Gasteiger partial charge in [-0.3, -0.25) is 4.79 Å². The molecule has 0 saturated carbocycles. The normalized spacial score (nSPS) is 14.8. The number of carbonyl (C=O) groups is 1. The topological polar surface area (TPSA) is 70.1 Å². The van der Waals surface area contributed by atoms with Crippen LogP contribution in [-0.2, 0) is 4.79 Å². The monoisotopic (exact) mass is 401 g/mol. The predicted octanol–water partition coefficient (Wildman–Crippen LogP) is 4.95. The molecule has 1 aliphatic heterocycles. The molecule has 2 aromatic carbocycles. The Hall–Kier alpha value is -3.41. The molecule has 1 aliphatic rings. The number of rotatable bonds is 6. The zero-order chi connectivity index (χ0) is 20.8. The lowest BCUT2D eigenvalue weighted by molar-refractivity contribution is -0.117. The number of anilines is 4. The van der Waals surface area contributed by atoms with Gasteiger partial charge in [0.15, 0.2) is 0 Å². The first-order valence-electron chi connectivity index (χ1n) is 10.5. The Labute approximate surface area is 177 Å². The molecule has 1 amide bonds. The molecule has 2 heterocycles. The van der Waals surface area contributed by atoms with Crippen molar-refractivity contribution >= 4 is 28.8 Å². The minimum atomic E-state index is -0.303. The number of aromatic nitrogens is 2. The van der Waals surface area contributed by atoms with Crippen LogP contribution in [0.3, 0.4) is 0 Å². The van der Waals surface area contributed by atoms with Gasteiger partial charge in [-0.2, -0.15) is 0 Å². The fourth-order valence-electron chi connectivity index (χ4n) is 3.71. The van der Waals surface area contributed by atoms with Gasteiger partial charge in [-0.25, -0.2) is 9.97 Å². The van der Waals surface area contributed by atoms with Gasteiger partial charge in [0.1, 0.15) is 12.1 Å². The Morgan fingerprint density at radius 1 is 1.00 bits per heavy atom.